The average Bonchev–Trinajstić information content (AvgIpc) is 3.31. The summed E-state index contributed by atoms with van der Waals surface area (Å²) in [5.74, 6) is 2.29. The minimum atomic E-state index is -0.184. The number of benzene rings is 4. The minimum absolute atomic E-state index is 0.184. The van der Waals surface area contributed by atoms with E-state index in [-0.39, 0.29) is 5.91 Å². The van der Waals surface area contributed by atoms with Gasteiger partial charge in [-0.15, -0.1) is 11.3 Å². The van der Waals surface area contributed by atoms with E-state index in [1.807, 2.05) is 79.7 Å². The first-order chi connectivity index (χ1) is 18.5. The number of carbonyl (C=O) groups is 1. The molecule has 1 N–H and O–H groups in total. The van der Waals surface area contributed by atoms with Crippen molar-refractivity contribution >= 4 is 54.8 Å². The highest BCUT2D eigenvalue weighted by Gasteiger charge is 2.14. The topological polar surface area (TPSA) is 82.6 Å². The van der Waals surface area contributed by atoms with Crippen molar-refractivity contribution in [2.24, 2.45) is 0 Å². The van der Waals surface area contributed by atoms with Crippen LogP contribution in [0.1, 0.15) is 15.4 Å². The van der Waals surface area contributed by atoms with Crippen LogP contribution in [0.4, 0.5) is 5.69 Å². The molecule has 0 atom stereocenters. The van der Waals surface area contributed by atoms with Crippen LogP contribution in [0.25, 0.3) is 31.9 Å². The number of pyridine rings is 1. The third-order valence-corrected chi connectivity index (χ3v) is 7.24. The lowest BCUT2D eigenvalue weighted by Gasteiger charge is -2.13. The van der Waals surface area contributed by atoms with Gasteiger partial charge in [0.25, 0.3) is 5.91 Å². The van der Waals surface area contributed by atoms with Gasteiger partial charge in [-0.2, -0.15) is 0 Å². The van der Waals surface area contributed by atoms with Crippen LogP contribution in [0.15, 0.2) is 79.0 Å². The van der Waals surface area contributed by atoms with Crippen molar-refractivity contribution in [1.82, 2.24) is 9.97 Å². The molecule has 0 spiro atoms. The maximum absolute atomic E-state index is 13.2. The molecule has 2 aromatic heterocycles. The number of fused-ring (bicyclic) bond motifs is 3. The number of hydrogen-bond acceptors (Lipinski definition) is 7. The lowest BCUT2D eigenvalue weighted by molar-refractivity contribution is 0.102. The lowest BCUT2D eigenvalue weighted by atomic mass is 10.0. The molecule has 0 saturated carbocycles. The van der Waals surface area contributed by atoms with Crippen LogP contribution < -0.4 is 19.5 Å². The van der Waals surface area contributed by atoms with E-state index < -0.39 is 0 Å². The Labute approximate surface area is 222 Å². The van der Waals surface area contributed by atoms with E-state index in [1.54, 1.807) is 31.8 Å². The van der Waals surface area contributed by atoms with Crippen molar-refractivity contribution in [3.8, 4) is 23.0 Å². The molecule has 6 rings (SSSR count). The number of thiazole rings is 1. The zero-order valence-electron chi connectivity index (χ0n) is 20.9. The molecule has 0 aliphatic carbocycles. The Balaban J connectivity index is 1.30. The van der Waals surface area contributed by atoms with Crippen molar-refractivity contribution < 1.29 is 19.0 Å². The molecule has 0 fully saturated rings. The second-order valence-corrected chi connectivity index (χ2v) is 9.93. The number of aromatic nitrogens is 2. The number of amides is 1. The predicted octanol–water partition coefficient (Wildman–Crippen LogP) is 7.37. The van der Waals surface area contributed by atoms with Gasteiger partial charge < -0.3 is 19.5 Å². The van der Waals surface area contributed by atoms with Gasteiger partial charge in [0.05, 0.1) is 35.0 Å². The fourth-order valence-electron chi connectivity index (χ4n) is 4.51. The summed E-state index contributed by atoms with van der Waals surface area (Å²) in [6, 6.07) is 22.6. The number of nitrogens with one attached hydrogen (secondary N) is 1. The molecule has 6 aromatic rings. The van der Waals surface area contributed by atoms with Gasteiger partial charge in [0.15, 0.2) is 11.5 Å². The summed E-state index contributed by atoms with van der Waals surface area (Å²) in [6.07, 6.45) is 1.69. The van der Waals surface area contributed by atoms with Crippen LogP contribution in [-0.4, -0.2) is 30.1 Å². The standard InChI is InChI=1S/C30H23N3O4S/c1-17-32-25-14-19(7-10-29(25)38-17)33-30(34)22-6-4-5-18-13-20(8-9-21(18)22)37-26-11-12-31-24-16-28(36-3)27(35-2)15-23(24)26/h4-16H,1-3H3,(H,33,34). The van der Waals surface area contributed by atoms with Gasteiger partial charge in [-0.1, -0.05) is 12.1 Å². The molecule has 188 valence electrons. The second kappa shape index (κ2) is 9.64. The molecular weight excluding hydrogens is 498 g/mol. The molecule has 0 saturated heterocycles. The number of methoxy groups -OCH3 is 2. The number of hydrogen-bond donors (Lipinski definition) is 1. The monoisotopic (exact) mass is 521 g/mol. The molecular formula is C30H23N3O4S. The third kappa shape index (κ3) is 4.35. The van der Waals surface area contributed by atoms with Gasteiger partial charge in [0, 0.05) is 28.9 Å². The molecule has 38 heavy (non-hydrogen) atoms. The van der Waals surface area contributed by atoms with Crippen LogP contribution >= 0.6 is 11.3 Å². The van der Waals surface area contributed by atoms with Crippen LogP contribution in [-0.2, 0) is 0 Å². The molecule has 0 unspecified atom stereocenters. The smallest absolute Gasteiger partial charge is 0.256 e. The van der Waals surface area contributed by atoms with E-state index in [0.717, 1.165) is 36.9 Å². The van der Waals surface area contributed by atoms with Gasteiger partial charge in [-0.05, 0) is 72.3 Å². The highest BCUT2D eigenvalue weighted by atomic mass is 32.1. The zero-order chi connectivity index (χ0) is 26.2. The molecule has 1 amide bonds. The summed E-state index contributed by atoms with van der Waals surface area (Å²) in [4.78, 5) is 22.2. The minimum Gasteiger partial charge on any atom is -0.493 e. The Kier molecular flexibility index (Phi) is 6.01. The highest BCUT2D eigenvalue weighted by molar-refractivity contribution is 7.18. The number of ether oxygens (including phenoxy) is 3. The summed E-state index contributed by atoms with van der Waals surface area (Å²) in [5, 5.41) is 6.52. The lowest BCUT2D eigenvalue weighted by Crippen LogP contribution is -2.12. The van der Waals surface area contributed by atoms with Crippen LogP contribution in [0.5, 0.6) is 23.0 Å². The molecule has 0 aliphatic heterocycles. The number of aryl methyl sites for hydroxylation is 1. The second-order valence-electron chi connectivity index (χ2n) is 8.69. The Morgan fingerprint density at radius 1 is 0.842 bits per heavy atom. The Morgan fingerprint density at radius 2 is 1.68 bits per heavy atom. The van der Waals surface area contributed by atoms with Gasteiger partial charge in [-0.25, -0.2) is 4.98 Å². The largest absolute Gasteiger partial charge is 0.493 e. The normalized spacial score (nSPS) is 11.1. The fraction of sp³-hybridized carbons (Fsp3) is 0.100. The van der Waals surface area contributed by atoms with Gasteiger partial charge in [0.2, 0.25) is 0 Å². The van der Waals surface area contributed by atoms with Crippen molar-refractivity contribution in [3.63, 3.8) is 0 Å². The molecule has 4 aromatic carbocycles. The van der Waals surface area contributed by atoms with E-state index in [1.165, 1.54) is 0 Å². The first kappa shape index (κ1) is 23.7. The van der Waals surface area contributed by atoms with Crippen molar-refractivity contribution in [1.29, 1.82) is 0 Å². The summed E-state index contributed by atoms with van der Waals surface area (Å²) < 4.78 is 18.2. The number of nitrogens with zero attached hydrogens (tertiary/aromatic N) is 2. The fourth-order valence-corrected chi connectivity index (χ4v) is 5.31. The molecule has 7 nitrogen and oxygen atoms in total. The first-order valence-corrected chi connectivity index (χ1v) is 12.7. The molecule has 8 heteroatoms. The number of carbonyl (C=O) groups excluding carboxylic acids is 1. The van der Waals surface area contributed by atoms with E-state index in [9.17, 15) is 4.79 Å². The van der Waals surface area contributed by atoms with Crippen LogP contribution in [0.2, 0.25) is 0 Å². The summed E-state index contributed by atoms with van der Waals surface area (Å²) in [7, 11) is 3.18. The molecule has 0 bridgehead atoms. The van der Waals surface area contributed by atoms with Crippen molar-refractivity contribution in [3.05, 3.63) is 89.6 Å². The number of rotatable bonds is 6. The molecule has 0 aliphatic rings. The maximum Gasteiger partial charge on any atom is 0.256 e. The van der Waals surface area contributed by atoms with E-state index in [0.29, 0.717) is 34.2 Å². The summed E-state index contributed by atoms with van der Waals surface area (Å²) in [6.45, 7) is 1.97. The Bertz CT molecular complexity index is 1850. The molecule has 2 heterocycles. The summed E-state index contributed by atoms with van der Waals surface area (Å²) >= 11 is 1.63. The van der Waals surface area contributed by atoms with Crippen molar-refractivity contribution in [2.75, 3.05) is 19.5 Å². The zero-order valence-corrected chi connectivity index (χ0v) is 21.8. The SMILES string of the molecule is COc1cc2nccc(Oc3ccc4c(C(=O)Nc5ccc6sc(C)nc6c5)cccc4c3)c2cc1OC. The van der Waals surface area contributed by atoms with Gasteiger partial charge >= 0.3 is 0 Å². The quantitative estimate of drug-likeness (QED) is 0.246. The van der Waals surface area contributed by atoms with Gasteiger partial charge in [0.1, 0.15) is 11.5 Å². The van der Waals surface area contributed by atoms with Gasteiger partial charge in [-0.3, -0.25) is 9.78 Å². The van der Waals surface area contributed by atoms with E-state index in [2.05, 4.69) is 15.3 Å². The number of anilines is 1. The van der Waals surface area contributed by atoms with Crippen LogP contribution in [0, 0.1) is 6.92 Å². The Morgan fingerprint density at radius 3 is 2.53 bits per heavy atom. The van der Waals surface area contributed by atoms with Crippen molar-refractivity contribution in [2.45, 2.75) is 6.92 Å². The highest BCUT2D eigenvalue weighted by Crippen LogP contribution is 2.37. The summed E-state index contributed by atoms with van der Waals surface area (Å²) in [5.41, 5.74) is 2.90. The maximum atomic E-state index is 13.2. The third-order valence-electron chi connectivity index (χ3n) is 6.28. The van der Waals surface area contributed by atoms with E-state index >= 15 is 0 Å². The Hall–Kier alpha value is -4.69. The first-order valence-electron chi connectivity index (χ1n) is 11.9. The predicted molar refractivity (Wildman–Crippen MR) is 151 cm³/mol. The molecule has 0 radical (unpaired) electrons. The van der Waals surface area contributed by atoms with E-state index in [4.69, 9.17) is 14.2 Å². The average molecular weight is 522 g/mol. The van der Waals surface area contributed by atoms with Crippen LogP contribution in [0.3, 0.4) is 0 Å².